The summed E-state index contributed by atoms with van der Waals surface area (Å²) in [6, 6.07) is 1.23. The third-order valence-electron chi connectivity index (χ3n) is 3.22. The Morgan fingerprint density at radius 2 is 2.05 bits per heavy atom. The summed E-state index contributed by atoms with van der Waals surface area (Å²) in [6.45, 7) is 0. The molecule has 0 aromatic carbocycles. The van der Waals surface area contributed by atoms with E-state index in [0.717, 1.165) is 0 Å². The van der Waals surface area contributed by atoms with Crippen LogP contribution in [0, 0.1) is 0 Å². The van der Waals surface area contributed by atoms with E-state index >= 15 is 0 Å². The van der Waals surface area contributed by atoms with Gasteiger partial charge in [-0.25, -0.2) is 8.42 Å². The number of amides is 1. The van der Waals surface area contributed by atoms with Crippen molar-refractivity contribution >= 4 is 36.4 Å². The van der Waals surface area contributed by atoms with Crippen LogP contribution in [0.15, 0.2) is 17.2 Å². The number of aromatic nitrogens is 1. The molecule has 9 heteroatoms. The van der Waals surface area contributed by atoms with Crippen molar-refractivity contribution in [1.82, 2.24) is 9.88 Å². The fraction of sp³-hybridized carbons (Fsp3) is 0.545. The summed E-state index contributed by atoms with van der Waals surface area (Å²) in [6.07, 6.45) is 2.64. The summed E-state index contributed by atoms with van der Waals surface area (Å²) in [5.74, 6) is 0.815. The first kappa shape index (κ1) is 15.5. The highest BCUT2D eigenvalue weighted by atomic mass is 35.7. The van der Waals surface area contributed by atoms with Gasteiger partial charge in [0.15, 0.2) is 0 Å². The average Bonchev–Trinajstić information content (AvgIpc) is 2.74. The molecule has 1 aromatic rings. The number of halogens is 1. The highest BCUT2D eigenvalue weighted by Crippen LogP contribution is 2.18. The molecule has 0 saturated carbocycles. The van der Waals surface area contributed by atoms with Crippen LogP contribution in [0.1, 0.15) is 23.3 Å². The first-order chi connectivity index (χ1) is 9.27. The van der Waals surface area contributed by atoms with Crippen LogP contribution in [0.25, 0.3) is 0 Å². The fourth-order valence-electron chi connectivity index (χ4n) is 2.09. The molecule has 1 amide bonds. The summed E-state index contributed by atoms with van der Waals surface area (Å²) in [7, 11) is 2.20. The van der Waals surface area contributed by atoms with Gasteiger partial charge in [0, 0.05) is 52.3 Å². The summed E-state index contributed by atoms with van der Waals surface area (Å²) in [5.41, 5.74) is 0.232. The molecular formula is C11H15ClN2O4S2. The Balaban J connectivity index is 2.10. The highest BCUT2D eigenvalue weighted by molar-refractivity contribution is 8.13. The maximum atomic E-state index is 12.1. The second kappa shape index (κ2) is 5.87. The van der Waals surface area contributed by atoms with Crippen LogP contribution >= 0.6 is 10.7 Å². The Morgan fingerprint density at radius 3 is 2.55 bits per heavy atom. The van der Waals surface area contributed by atoms with Gasteiger partial charge in [-0.2, -0.15) is 0 Å². The lowest BCUT2D eigenvalue weighted by Crippen LogP contribution is -2.40. The molecule has 1 aliphatic rings. The molecule has 1 fully saturated rings. The van der Waals surface area contributed by atoms with Gasteiger partial charge >= 0.3 is 0 Å². The smallest absolute Gasteiger partial charge is 0.268 e. The standard InChI is InChI=1S/C11H15ClN2O4S2/c1-14-7-9(20(12,17)18)6-10(14)11(15)13-8-2-4-19(16)5-3-8/h6-8H,2-5H2,1H3,(H,13,15). The second-order valence-electron chi connectivity index (χ2n) is 4.71. The van der Waals surface area contributed by atoms with Gasteiger partial charge in [0.2, 0.25) is 0 Å². The summed E-state index contributed by atoms with van der Waals surface area (Å²) in [4.78, 5) is 12.0. The molecule has 0 radical (unpaired) electrons. The first-order valence-electron chi connectivity index (χ1n) is 6.04. The number of carbonyl (C=O) groups excluding carboxylic acids is 1. The lowest BCUT2D eigenvalue weighted by Gasteiger charge is -2.22. The molecule has 0 bridgehead atoms. The average molecular weight is 339 g/mol. The van der Waals surface area contributed by atoms with E-state index in [9.17, 15) is 17.4 Å². The fourth-order valence-corrected chi connectivity index (χ4v) is 4.18. The molecular weight excluding hydrogens is 324 g/mol. The number of nitrogens with one attached hydrogen (secondary N) is 1. The van der Waals surface area contributed by atoms with Gasteiger partial charge in [0.25, 0.3) is 15.0 Å². The molecule has 1 N–H and O–H groups in total. The summed E-state index contributed by atoms with van der Waals surface area (Å²) in [5, 5.41) is 2.83. The van der Waals surface area contributed by atoms with Crippen molar-refractivity contribution in [1.29, 1.82) is 0 Å². The minimum absolute atomic E-state index is 0.0221. The second-order valence-corrected chi connectivity index (χ2v) is 8.97. The Hall–Kier alpha value is -0.860. The maximum Gasteiger partial charge on any atom is 0.268 e. The van der Waals surface area contributed by atoms with Gasteiger partial charge in [-0.3, -0.25) is 9.00 Å². The zero-order valence-corrected chi connectivity index (χ0v) is 13.2. The lowest BCUT2D eigenvalue weighted by atomic mass is 10.1. The SMILES string of the molecule is Cn1cc(S(=O)(=O)Cl)cc1C(=O)NC1CCS(=O)CC1. The van der Waals surface area contributed by atoms with E-state index in [1.807, 2.05) is 0 Å². The third-order valence-corrected chi connectivity index (χ3v) is 5.92. The molecule has 20 heavy (non-hydrogen) atoms. The molecule has 1 saturated heterocycles. The Morgan fingerprint density at radius 1 is 1.45 bits per heavy atom. The van der Waals surface area contributed by atoms with Crippen LogP contribution in [0.2, 0.25) is 0 Å². The monoisotopic (exact) mass is 338 g/mol. The van der Waals surface area contributed by atoms with Crippen molar-refractivity contribution in [3.63, 3.8) is 0 Å². The van der Waals surface area contributed by atoms with Crippen molar-refractivity contribution in [3.05, 3.63) is 18.0 Å². The van der Waals surface area contributed by atoms with Gasteiger partial charge in [-0.05, 0) is 18.9 Å². The van der Waals surface area contributed by atoms with E-state index in [0.29, 0.717) is 24.3 Å². The van der Waals surface area contributed by atoms with Gasteiger partial charge in [-0.15, -0.1) is 0 Å². The predicted octanol–water partition coefficient (Wildman–Crippen LogP) is 0.594. The van der Waals surface area contributed by atoms with E-state index in [1.54, 1.807) is 7.05 Å². The quantitative estimate of drug-likeness (QED) is 0.817. The van der Waals surface area contributed by atoms with E-state index in [2.05, 4.69) is 5.32 Å². The minimum Gasteiger partial charge on any atom is -0.348 e. The molecule has 6 nitrogen and oxygen atoms in total. The van der Waals surface area contributed by atoms with Crippen LogP contribution in [-0.4, -0.2) is 40.6 Å². The maximum absolute atomic E-state index is 12.1. The lowest BCUT2D eigenvalue weighted by molar-refractivity contribution is 0.0926. The number of hydrogen-bond acceptors (Lipinski definition) is 4. The Bertz CT molecular complexity index is 643. The topological polar surface area (TPSA) is 85.2 Å². The molecule has 0 aliphatic carbocycles. The normalized spacial score (nSPS) is 23.5. The molecule has 0 unspecified atom stereocenters. The predicted molar refractivity (Wildman–Crippen MR) is 76.8 cm³/mol. The minimum atomic E-state index is -3.85. The number of carbonyl (C=O) groups is 1. The van der Waals surface area contributed by atoms with Crippen LogP contribution < -0.4 is 5.32 Å². The number of nitrogens with zero attached hydrogens (tertiary/aromatic N) is 1. The molecule has 0 atom stereocenters. The molecule has 112 valence electrons. The van der Waals surface area contributed by atoms with Crippen molar-refractivity contribution in [3.8, 4) is 0 Å². The van der Waals surface area contributed by atoms with Crippen molar-refractivity contribution in [2.24, 2.45) is 7.05 Å². The van der Waals surface area contributed by atoms with Gasteiger partial charge < -0.3 is 9.88 Å². The van der Waals surface area contributed by atoms with Crippen molar-refractivity contribution < 1.29 is 17.4 Å². The van der Waals surface area contributed by atoms with Crippen LogP contribution in [0.5, 0.6) is 0 Å². The zero-order valence-electron chi connectivity index (χ0n) is 10.8. The van der Waals surface area contributed by atoms with E-state index in [1.165, 1.54) is 16.8 Å². The third kappa shape index (κ3) is 3.62. The van der Waals surface area contributed by atoms with Gasteiger partial charge in [-0.1, -0.05) is 0 Å². The number of aryl methyl sites for hydroxylation is 1. The number of rotatable bonds is 3. The van der Waals surface area contributed by atoms with Crippen molar-refractivity contribution in [2.45, 2.75) is 23.8 Å². The molecule has 1 aliphatic heterocycles. The van der Waals surface area contributed by atoms with Crippen LogP contribution in [-0.2, 0) is 26.9 Å². The summed E-state index contributed by atoms with van der Waals surface area (Å²) < 4.78 is 35.1. The highest BCUT2D eigenvalue weighted by Gasteiger charge is 2.23. The van der Waals surface area contributed by atoms with E-state index < -0.39 is 19.9 Å². The van der Waals surface area contributed by atoms with E-state index in [4.69, 9.17) is 10.7 Å². The Labute approximate surface area is 124 Å². The van der Waals surface area contributed by atoms with E-state index in [-0.39, 0.29) is 22.5 Å². The van der Waals surface area contributed by atoms with Crippen LogP contribution in [0.4, 0.5) is 0 Å². The zero-order chi connectivity index (χ0) is 14.9. The first-order valence-corrected chi connectivity index (χ1v) is 9.84. The largest absolute Gasteiger partial charge is 0.348 e. The molecule has 2 rings (SSSR count). The van der Waals surface area contributed by atoms with Gasteiger partial charge in [0.05, 0.1) is 0 Å². The van der Waals surface area contributed by atoms with Crippen LogP contribution in [0.3, 0.4) is 0 Å². The molecule has 2 heterocycles. The Kier molecular flexibility index (Phi) is 4.55. The number of hydrogen-bond donors (Lipinski definition) is 1. The molecule has 1 aromatic heterocycles. The summed E-state index contributed by atoms with van der Waals surface area (Å²) >= 11 is 0. The van der Waals surface area contributed by atoms with Crippen molar-refractivity contribution in [2.75, 3.05) is 11.5 Å². The van der Waals surface area contributed by atoms with Gasteiger partial charge in [0.1, 0.15) is 10.6 Å². The molecule has 0 spiro atoms.